The summed E-state index contributed by atoms with van der Waals surface area (Å²) in [6.07, 6.45) is 4.69. The predicted octanol–water partition coefficient (Wildman–Crippen LogP) is 2.26. The molecule has 0 saturated heterocycles. The van der Waals surface area contributed by atoms with Crippen LogP contribution in [0.15, 0.2) is 43.5 Å². The minimum absolute atomic E-state index is 0.534. The lowest BCUT2D eigenvalue weighted by molar-refractivity contribution is 1.05. The molecule has 0 unspecified atom stereocenters. The Bertz CT molecular complexity index is 453. The van der Waals surface area contributed by atoms with Crippen LogP contribution < -0.4 is 5.32 Å². The highest BCUT2D eigenvalue weighted by Crippen LogP contribution is 2.14. The van der Waals surface area contributed by atoms with Gasteiger partial charge in [0.05, 0.1) is 0 Å². The normalized spacial score (nSPS) is 9.60. The van der Waals surface area contributed by atoms with Gasteiger partial charge in [0.25, 0.3) is 0 Å². The summed E-state index contributed by atoms with van der Waals surface area (Å²) in [5.41, 5.74) is 1.98. The molecule has 0 saturated carbocycles. The van der Waals surface area contributed by atoms with Crippen LogP contribution in [0.1, 0.15) is 5.56 Å². The van der Waals surface area contributed by atoms with E-state index in [1.165, 1.54) is 12.7 Å². The van der Waals surface area contributed by atoms with Gasteiger partial charge in [-0.1, -0.05) is 24.8 Å². The molecule has 1 N–H and O–H groups in total. The van der Waals surface area contributed by atoms with E-state index in [2.05, 4.69) is 26.8 Å². The van der Waals surface area contributed by atoms with Gasteiger partial charge in [0.1, 0.15) is 12.7 Å². The van der Waals surface area contributed by atoms with Gasteiger partial charge in [-0.05, 0) is 17.7 Å². The zero-order chi connectivity index (χ0) is 10.5. The molecule has 2 rings (SSSR count). The van der Waals surface area contributed by atoms with Gasteiger partial charge in [0, 0.05) is 5.69 Å². The molecule has 2 aromatic rings. The first-order valence-electron chi connectivity index (χ1n) is 4.50. The zero-order valence-corrected chi connectivity index (χ0v) is 8.09. The number of hydrogen-bond donors (Lipinski definition) is 1. The SMILES string of the molecule is C=Cc1cccc(Nc2ncncn2)c1. The van der Waals surface area contributed by atoms with Gasteiger partial charge in [-0.3, -0.25) is 0 Å². The van der Waals surface area contributed by atoms with E-state index in [4.69, 9.17) is 0 Å². The van der Waals surface area contributed by atoms with Gasteiger partial charge in [0.2, 0.25) is 5.95 Å². The molecule has 15 heavy (non-hydrogen) atoms. The lowest BCUT2D eigenvalue weighted by atomic mass is 10.2. The molecule has 4 heteroatoms. The van der Waals surface area contributed by atoms with E-state index < -0.39 is 0 Å². The number of nitrogens with one attached hydrogen (secondary N) is 1. The lowest BCUT2D eigenvalue weighted by Crippen LogP contribution is -1.96. The average molecular weight is 198 g/mol. The van der Waals surface area contributed by atoms with Crippen molar-refractivity contribution in [3.05, 3.63) is 49.1 Å². The van der Waals surface area contributed by atoms with Crippen molar-refractivity contribution in [2.75, 3.05) is 5.32 Å². The first-order valence-corrected chi connectivity index (χ1v) is 4.50. The smallest absolute Gasteiger partial charge is 0.230 e. The van der Waals surface area contributed by atoms with Crippen LogP contribution in [0.5, 0.6) is 0 Å². The van der Waals surface area contributed by atoms with E-state index in [1.807, 2.05) is 24.3 Å². The fourth-order valence-corrected chi connectivity index (χ4v) is 1.18. The van der Waals surface area contributed by atoms with Crippen LogP contribution >= 0.6 is 0 Å². The molecule has 1 aromatic carbocycles. The van der Waals surface area contributed by atoms with Crippen molar-refractivity contribution in [3.8, 4) is 0 Å². The van der Waals surface area contributed by atoms with Crippen LogP contribution in [0, 0.1) is 0 Å². The maximum Gasteiger partial charge on any atom is 0.230 e. The van der Waals surface area contributed by atoms with Crippen molar-refractivity contribution < 1.29 is 0 Å². The van der Waals surface area contributed by atoms with Crippen molar-refractivity contribution in [2.24, 2.45) is 0 Å². The van der Waals surface area contributed by atoms with E-state index in [1.54, 1.807) is 6.08 Å². The van der Waals surface area contributed by atoms with Gasteiger partial charge < -0.3 is 5.32 Å². The van der Waals surface area contributed by atoms with E-state index in [0.29, 0.717) is 5.95 Å². The third kappa shape index (κ3) is 2.37. The maximum atomic E-state index is 3.97. The molecule has 0 bridgehead atoms. The molecule has 1 heterocycles. The van der Waals surface area contributed by atoms with Gasteiger partial charge in [0.15, 0.2) is 0 Å². The highest BCUT2D eigenvalue weighted by Gasteiger charge is 1.96. The van der Waals surface area contributed by atoms with Gasteiger partial charge in [-0.15, -0.1) is 0 Å². The van der Waals surface area contributed by atoms with Crippen LogP contribution in [-0.4, -0.2) is 15.0 Å². The molecule has 0 radical (unpaired) electrons. The first kappa shape index (κ1) is 9.33. The topological polar surface area (TPSA) is 50.7 Å². The molecule has 0 aliphatic rings. The molecule has 1 aromatic heterocycles. The highest BCUT2D eigenvalue weighted by molar-refractivity contribution is 5.59. The van der Waals surface area contributed by atoms with Crippen LogP contribution in [0.4, 0.5) is 11.6 Å². The zero-order valence-electron chi connectivity index (χ0n) is 8.09. The fourth-order valence-electron chi connectivity index (χ4n) is 1.18. The molecule has 0 fully saturated rings. The summed E-state index contributed by atoms with van der Waals surface area (Å²) in [5.74, 6) is 0.534. The quantitative estimate of drug-likeness (QED) is 0.821. The Morgan fingerprint density at radius 3 is 2.73 bits per heavy atom. The number of aromatic nitrogens is 3. The summed E-state index contributed by atoms with van der Waals surface area (Å²) < 4.78 is 0. The summed E-state index contributed by atoms with van der Waals surface area (Å²) in [6.45, 7) is 3.71. The van der Waals surface area contributed by atoms with E-state index in [-0.39, 0.29) is 0 Å². The molecule has 4 nitrogen and oxygen atoms in total. The summed E-state index contributed by atoms with van der Waals surface area (Å²) in [7, 11) is 0. The van der Waals surface area contributed by atoms with Crippen molar-refractivity contribution in [1.82, 2.24) is 15.0 Å². The lowest BCUT2D eigenvalue weighted by Gasteiger charge is -2.04. The van der Waals surface area contributed by atoms with Crippen molar-refractivity contribution >= 4 is 17.7 Å². The van der Waals surface area contributed by atoms with Crippen molar-refractivity contribution in [1.29, 1.82) is 0 Å². The third-order valence-corrected chi connectivity index (χ3v) is 1.87. The molecule has 0 aliphatic heterocycles. The highest BCUT2D eigenvalue weighted by atomic mass is 15.1. The van der Waals surface area contributed by atoms with Gasteiger partial charge in [-0.25, -0.2) is 15.0 Å². The molecule has 74 valence electrons. The Morgan fingerprint density at radius 2 is 2.00 bits per heavy atom. The minimum Gasteiger partial charge on any atom is -0.324 e. The Labute approximate surface area is 87.7 Å². The maximum absolute atomic E-state index is 3.97. The summed E-state index contributed by atoms with van der Waals surface area (Å²) >= 11 is 0. The average Bonchev–Trinajstić information content (AvgIpc) is 2.31. The van der Waals surface area contributed by atoms with Gasteiger partial charge >= 0.3 is 0 Å². The third-order valence-electron chi connectivity index (χ3n) is 1.87. The van der Waals surface area contributed by atoms with Crippen molar-refractivity contribution in [3.63, 3.8) is 0 Å². The first-order chi connectivity index (χ1) is 7.38. The number of anilines is 2. The number of benzene rings is 1. The number of nitrogens with zero attached hydrogens (tertiary/aromatic N) is 3. The molecule has 0 amide bonds. The van der Waals surface area contributed by atoms with Crippen molar-refractivity contribution in [2.45, 2.75) is 0 Å². The van der Waals surface area contributed by atoms with E-state index in [0.717, 1.165) is 11.3 Å². The molecular weight excluding hydrogens is 188 g/mol. The predicted molar refractivity (Wildman–Crippen MR) is 59.6 cm³/mol. The molecular formula is C11H10N4. The van der Waals surface area contributed by atoms with Crippen LogP contribution in [-0.2, 0) is 0 Å². The Kier molecular flexibility index (Phi) is 2.69. The Balaban J connectivity index is 2.21. The molecule has 0 atom stereocenters. The number of hydrogen-bond acceptors (Lipinski definition) is 4. The second-order valence-corrected chi connectivity index (χ2v) is 2.92. The number of rotatable bonds is 3. The fraction of sp³-hybridized carbons (Fsp3) is 0. The largest absolute Gasteiger partial charge is 0.324 e. The standard InChI is InChI=1S/C11H10N4/c1-2-9-4-3-5-10(6-9)15-11-13-7-12-8-14-11/h2-8H,1H2,(H,12,13,14,15). The molecule has 0 aliphatic carbocycles. The second-order valence-electron chi connectivity index (χ2n) is 2.92. The summed E-state index contributed by atoms with van der Waals surface area (Å²) in [4.78, 5) is 11.7. The summed E-state index contributed by atoms with van der Waals surface area (Å²) in [5, 5.41) is 3.07. The van der Waals surface area contributed by atoms with E-state index in [9.17, 15) is 0 Å². The van der Waals surface area contributed by atoms with Crippen LogP contribution in [0.25, 0.3) is 6.08 Å². The molecule has 0 spiro atoms. The monoisotopic (exact) mass is 198 g/mol. The minimum atomic E-state index is 0.534. The van der Waals surface area contributed by atoms with E-state index >= 15 is 0 Å². The Hall–Kier alpha value is -2.23. The summed E-state index contributed by atoms with van der Waals surface area (Å²) in [6, 6.07) is 7.83. The van der Waals surface area contributed by atoms with Crippen LogP contribution in [0.3, 0.4) is 0 Å². The van der Waals surface area contributed by atoms with Crippen LogP contribution in [0.2, 0.25) is 0 Å². The van der Waals surface area contributed by atoms with Gasteiger partial charge in [-0.2, -0.15) is 0 Å². The Morgan fingerprint density at radius 1 is 1.20 bits per heavy atom. The second kappa shape index (κ2) is 4.32.